The maximum absolute atomic E-state index is 3.30. The van der Waals surface area contributed by atoms with Gasteiger partial charge in [0, 0.05) is 0 Å². The molecule has 0 N–H and O–H groups in total. The zero-order valence-corrected chi connectivity index (χ0v) is 15.2. The first-order valence-electron chi connectivity index (χ1n) is 5.36. The van der Waals surface area contributed by atoms with Gasteiger partial charge in [-0.1, -0.05) is 26.2 Å². The van der Waals surface area contributed by atoms with Crippen LogP contribution in [0.4, 0.5) is 0 Å². The number of hydrogen-bond donors (Lipinski definition) is 0. The standard InChI is InChI=1S/C9H13.C5H5.2ClH.Hf/c1-2-3-6-9-7-4-5-8-9;1-2-4-5-3-1;;;/h4,7H,2-3,5-6H2,1H3;1-5H;2*1H;/q2*-1;;;+4/p-2. The molecule has 0 atom stereocenters. The average Bonchev–Trinajstić information content (AvgIpc) is 2.90. The minimum atomic E-state index is 0. The van der Waals surface area contributed by atoms with E-state index in [9.17, 15) is 0 Å². The van der Waals surface area contributed by atoms with Crippen LogP contribution in [-0.4, -0.2) is 0 Å². The maximum atomic E-state index is 3.30. The van der Waals surface area contributed by atoms with Crippen LogP contribution in [0, 0.1) is 6.08 Å². The third kappa shape index (κ3) is 12.5. The SMILES string of the molecule is CCCCC1=[C-]CC=C1.[Cl-].[Cl-].[Hf+4].c1cc[cH-]c1. The molecule has 17 heavy (non-hydrogen) atoms. The molecule has 92 valence electrons. The Hall–Kier alpha value is 0.280. The number of rotatable bonds is 3. The van der Waals surface area contributed by atoms with Crippen LogP contribution in [0.1, 0.15) is 32.6 Å². The molecule has 0 amide bonds. The first kappa shape index (κ1) is 22.5. The van der Waals surface area contributed by atoms with Crippen molar-refractivity contribution in [1.29, 1.82) is 0 Å². The summed E-state index contributed by atoms with van der Waals surface area (Å²) in [6.45, 7) is 2.22. The van der Waals surface area contributed by atoms with Crippen molar-refractivity contribution in [2.75, 3.05) is 0 Å². The Morgan fingerprint density at radius 1 is 1.24 bits per heavy atom. The summed E-state index contributed by atoms with van der Waals surface area (Å²) in [6, 6.07) is 10.0. The molecule has 0 fully saturated rings. The van der Waals surface area contributed by atoms with E-state index in [0.29, 0.717) is 0 Å². The minimum absolute atomic E-state index is 0. The Balaban J connectivity index is -0.000000216. The van der Waals surface area contributed by atoms with Crippen LogP contribution in [0.3, 0.4) is 0 Å². The van der Waals surface area contributed by atoms with Gasteiger partial charge in [0.25, 0.3) is 0 Å². The molecule has 0 unspecified atom stereocenters. The molecule has 1 aromatic carbocycles. The number of allylic oxidation sites excluding steroid dienone is 4. The molecule has 0 radical (unpaired) electrons. The van der Waals surface area contributed by atoms with Gasteiger partial charge in [0.2, 0.25) is 0 Å². The Morgan fingerprint density at radius 2 is 1.88 bits per heavy atom. The van der Waals surface area contributed by atoms with E-state index in [0.717, 1.165) is 6.42 Å². The molecule has 0 saturated carbocycles. The van der Waals surface area contributed by atoms with Gasteiger partial charge in [-0.25, -0.2) is 23.8 Å². The molecule has 0 saturated heterocycles. The van der Waals surface area contributed by atoms with Crippen molar-refractivity contribution < 1.29 is 50.7 Å². The van der Waals surface area contributed by atoms with Gasteiger partial charge >= 0.3 is 25.8 Å². The van der Waals surface area contributed by atoms with Crippen LogP contribution in [-0.2, 0) is 25.8 Å². The number of unbranched alkanes of at least 4 members (excludes halogenated alkanes) is 1. The minimum Gasteiger partial charge on any atom is -1.00 e. The van der Waals surface area contributed by atoms with Crippen molar-refractivity contribution in [3.63, 3.8) is 0 Å². The summed E-state index contributed by atoms with van der Waals surface area (Å²) >= 11 is 0. The monoisotopic (exact) mass is 436 g/mol. The summed E-state index contributed by atoms with van der Waals surface area (Å²) in [7, 11) is 0. The van der Waals surface area contributed by atoms with Crippen LogP contribution in [0.25, 0.3) is 0 Å². The smallest absolute Gasteiger partial charge is 1.00 e. The van der Waals surface area contributed by atoms with E-state index in [1.54, 1.807) is 0 Å². The molecule has 0 bridgehead atoms. The van der Waals surface area contributed by atoms with Crippen molar-refractivity contribution in [1.82, 2.24) is 0 Å². The van der Waals surface area contributed by atoms with E-state index >= 15 is 0 Å². The molecular formula is C14H18Cl2Hf. The van der Waals surface area contributed by atoms with Crippen molar-refractivity contribution in [3.8, 4) is 0 Å². The molecule has 1 aliphatic carbocycles. The van der Waals surface area contributed by atoms with Crippen molar-refractivity contribution >= 4 is 0 Å². The van der Waals surface area contributed by atoms with E-state index in [4.69, 9.17) is 0 Å². The quantitative estimate of drug-likeness (QED) is 0.391. The van der Waals surface area contributed by atoms with Crippen molar-refractivity contribution in [3.05, 3.63) is 54.1 Å². The van der Waals surface area contributed by atoms with E-state index in [1.807, 2.05) is 30.3 Å². The van der Waals surface area contributed by atoms with Crippen molar-refractivity contribution in [2.45, 2.75) is 32.6 Å². The fourth-order valence-corrected chi connectivity index (χ4v) is 1.31. The third-order valence-corrected chi connectivity index (χ3v) is 2.12. The molecule has 0 heterocycles. The van der Waals surface area contributed by atoms with Crippen molar-refractivity contribution in [2.24, 2.45) is 0 Å². The Kier molecular flexibility index (Phi) is 21.5. The van der Waals surface area contributed by atoms with Gasteiger partial charge in [0.05, 0.1) is 0 Å². The van der Waals surface area contributed by atoms with Gasteiger partial charge in [0.1, 0.15) is 0 Å². The van der Waals surface area contributed by atoms with Gasteiger partial charge in [-0.3, -0.25) is 6.08 Å². The summed E-state index contributed by atoms with van der Waals surface area (Å²) in [4.78, 5) is 0. The second-order valence-electron chi connectivity index (χ2n) is 3.37. The van der Waals surface area contributed by atoms with Gasteiger partial charge in [-0.2, -0.15) is 24.3 Å². The average molecular weight is 436 g/mol. The molecule has 0 spiro atoms. The molecule has 1 aliphatic rings. The topological polar surface area (TPSA) is 0 Å². The first-order valence-corrected chi connectivity index (χ1v) is 5.36. The van der Waals surface area contributed by atoms with Gasteiger partial charge < -0.3 is 24.8 Å². The molecule has 0 nitrogen and oxygen atoms in total. The van der Waals surface area contributed by atoms with Crippen LogP contribution < -0.4 is 24.8 Å². The Morgan fingerprint density at radius 3 is 2.24 bits per heavy atom. The third-order valence-electron chi connectivity index (χ3n) is 2.12. The predicted octanol–water partition coefficient (Wildman–Crippen LogP) is -1.72. The molecule has 0 aromatic heterocycles. The Bertz CT molecular complexity index is 259. The maximum Gasteiger partial charge on any atom is 4.00 e. The van der Waals surface area contributed by atoms with Gasteiger partial charge in [0.15, 0.2) is 0 Å². The van der Waals surface area contributed by atoms with Crippen LogP contribution in [0.2, 0.25) is 0 Å². The zero-order valence-electron chi connectivity index (χ0n) is 10.1. The molecule has 2 rings (SSSR count). The molecule has 0 aliphatic heterocycles. The van der Waals surface area contributed by atoms with E-state index in [1.165, 1.54) is 24.8 Å². The summed E-state index contributed by atoms with van der Waals surface area (Å²) in [5.41, 5.74) is 1.41. The zero-order chi connectivity index (χ0) is 10.1. The molecular weight excluding hydrogens is 418 g/mol. The normalized spacial score (nSPS) is 11.0. The fourth-order valence-electron chi connectivity index (χ4n) is 1.31. The largest absolute Gasteiger partial charge is 4.00 e. The van der Waals surface area contributed by atoms with E-state index in [-0.39, 0.29) is 50.7 Å². The van der Waals surface area contributed by atoms with E-state index in [2.05, 4.69) is 25.2 Å². The van der Waals surface area contributed by atoms with Crippen LogP contribution in [0.15, 0.2) is 48.1 Å². The summed E-state index contributed by atoms with van der Waals surface area (Å²) < 4.78 is 0. The van der Waals surface area contributed by atoms with Crippen LogP contribution in [0.5, 0.6) is 0 Å². The number of hydrogen-bond acceptors (Lipinski definition) is 0. The van der Waals surface area contributed by atoms with Crippen LogP contribution >= 0.6 is 0 Å². The van der Waals surface area contributed by atoms with Gasteiger partial charge in [-0.15, -0.1) is 6.42 Å². The summed E-state index contributed by atoms with van der Waals surface area (Å²) in [5, 5.41) is 0. The summed E-state index contributed by atoms with van der Waals surface area (Å²) in [5.74, 6) is 0. The van der Waals surface area contributed by atoms with E-state index < -0.39 is 0 Å². The Labute approximate surface area is 137 Å². The second-order valence-corrected chi connectivity index (χ2v) is 3.37. The fraction of sp³-hybridized carbons (Fsp3) is 0.357. The molecule has 3 heteroatoms. The number of halogens is 2. The van der Waals surface area contributed by atoms with Gasteiger partial charge in [-0.05, 0) is 0 Å². The molecule has 1 aromatic rings. The first-order chi connectivity index (χ1) is 6.93. The predicted molar refractivity (Wildman–Crippen MR) is 62.1 cm³/mol. The summed E-state index contributed by atoms with van der Waals surface area (Å²) in [6.07, 6.45) is 12.5. The second kappa shape index (κ2) is 16.3.